The van der Waals surface area contributed by atoms with Crippen LogP contribution in [0.2, 0.25) is 0 Å². The fourth-order valence-electron chi connectivity index (χ4n) is 0.597. The fraction of sp³-hybridized carbons (Fsp3) is 0.667. The molecular weight excluding hydrogens is 152 g/mol. The lowest BCUT2D eigenvalue weighted by Crippen LogP contribution is -2.34. The maximum absolute atomic E-state index is 8.76. The predicted octanol–water partition coefficient (Wildman–Crippen LogP) is 2.06. The Balaban J connectivity index is 3.66. The molecule has 0 radical (unpaired) electrons. The molecule has 0 saturated carbocycles. The van der Waals surface area contributed by atoms with Crippen LogP contribution in [-0.2, 0) is 0 Å². The Morgan fingerprint density at radius 1 is 1.50 bits per heavy atom. The minimum absolute atomic E-state index is 0.142. The van der Waals surface area contributed by atoms with E-state index >= 15 is 0 Å². The minimum atomic E-state index is -0.142. The third-order valence-corrected chi connectivity index (χ3v) is 1.47. The lowest BCUT2D eigenvalue weighted by Gasteiger charge is -2.20. The van der Waals surface area contributed by atoms with Crippen molar-refractivity contribution in [1.29, 1.82) is 5.41 Å². The summed E-state index contributed by atoms with van der Waals surface area (Å²) in [5.74, 6) is 0.646. The molecule has 0 aromatic rings. The molecule has 0 rings (SSSR count). The SMILES string of the molecule is C=C(O)CCNC(=N)C(C)(C)C. The predicted molar refractivity (Wildman–Crippen MR) is 51.6 cm³/mol. The van der Waals surface area contributed by atoms with Gasteiger partial charge in [-0.15, -0.1) is 0 Å². The van der Waals surface area contributed by atoms with Gasteiger partial charge in [-0.1, -0.05) is 27.4 Å². The number of hydrogen-bond acceptors (Lipinski definition) is 2. The monoisotopic (exact) mass is 170 g/mol. The number of aliphatic hydroxyl groups is 1. The Labute approximate surface area is 74.0 Å². The molecule has 0 amide bonds. The minimum Gasteiger partial charge on any atom is -0.513 e. The van der Waals surface area contributed by atoms with E-state index in [1.165, 1.54) is 0 Å². The summed E-state index contributed by atoms with van der Waals surface area (Å²) in [5, 5.41) is 19.2. The van der Waals surface area contributed by atoms with Crippen LogP contribution in [0.25, 0.3) is 0 Å². The fourth-order valence-corrected chi connectivity index (χ4v) is 0.597. The van der Waals surface area contributed by atoms with Crippen LogP contribution >= 0.6 is 0 Å². The van der Waals surface area contributed by atoms with E-state index in [0.29, 0.717) is 18.8 Å². The Morgan fingerprint density at radius 3 is 2.33 bits per heavy atom. The molecule has 70 valence electrons. The number of hydrogen-bond donors (Lipinski definition) is 3. The topological polar surface area (TPSA) is 56.1 Å². The highest BCUT2D eigenvalue weighted by atomic mass is 16.3. The summed E-state index contributed by atoms with van der Waals surface area (Å²) in [4.78, 5) is 0. The second kappa shape index (κ2) is 4.14. The largest absolute Gasteiger partial charge is 0.513 e. The Hall–Kier alpha value is -0.990. The number of nitrogens with one attached hydrogen (secondary N) is 2. The van der Waals surface area contributed by atoms with Gasteiger partial charge in [0.15, 0.2) is 0 Å². The van der Waals surface area contributed by atoms with Gasteiger partial charge in [-0.05, 0) is 0 Å². The molecule has 3 nitrogen and oxygen atoms in total. The first-order chi connectivity index (χ1) is 5.34. The van der Waals surface area contributed by atoms with Crippen LogP contribution in [0.15, 0.2) is 12.3 Å². The second-order valence-corrected chi connectivity index (χ2v) is 3.87. The molecule has 0 bridgehead atoms. The molecular formula is C9H18N2O. The number of rotatable bonds is 3. The highest BCUT2D eigenvalue weighted by molar-refractivity contribution is 5.84. The van der Waals surface area contributed by atoms with E-state index in [0.717, 1.165) is 0 Å². The number of amidine groups is 1. The van der Waals surface area contributed by atoms with Crippen LogP contribution in [0.3, 0.4) is 0 Å². The van der Waals surface area contributed by atoms with Gasteiger partial charge in [0, 0.05) is 18.4 Å². The average Bonchev–Trinajstić information content (AvgIpc) is 1.84. The van der Waals surface area contributed by atoms with Crippen molar-refractivity contribution < 1.29 is 5.11 Å². The first-order valence-electron chi connectivity index (χ1n) is 4.03. The van der Waals surface area contributed by atoms with E-state index in [4.69, 9.17) is 10.5 Å². The summed E-state index contributed by atoms with van der Waals surface area (Å²) in [7, 11) is 0. The lowest BCUT2D eigenvalue weighted by atomic mass is 9.95. The van der Waals surface area contributed by atoms with Crippen LogP contribution in [0.1, 0.15) is 27.2 Å². The third-order valence-electron chi connectivity index (χ3n) is 1.47. The zero-order chi connectivity index (χ0) is 9.78. The van der Waals surface area contributed by atoms with Gasteiger partial charge in [0.25, 0.3) is 0 Å². The molecule has 0 unspecified atom stereocenters. The third kappa shape index (κ3) is 4.77. The van der Waals surface area contributed by atoms with Gasteiger partial charge in [-0.3, -0.25) is 5.41 Å². The van der Waals surface area contributed by atoms with Gasteiger partial charge < -0.3 is 10.4 Å². The van der Waals surface area contributed by atoms with Gasteiger partial charge in [-0.2, -0.15) is 0 Å². The van der Waals surface area contributed by atoms with Crippen molar-refractivity contribution in [2.45, 2.75) is 27.2 Å². The highest BCUT2D eigenvalue weighted by Crippen LogP contribution is 2.12. The Bertz CT molecular complexity index is 179. The molecule has 0 spiro atoms. The smallest absolute Gasteiger partial charge is 0.0986 e. The quantitative estimate of drug-likeness (QED) is 0.345. The maximum atomic E-state index is 8.76. The van der Waals surface area contributed by atoms with Crippen molar-refractivity contribution >= 4 is 5.84 Å². The molecule has 0 heterocycles. The van der Waals surface area contributed by atoms with Gasteiger partial charge in [-0.25, -0.2) is 0 Å². The normalized spacial score (nSPS) is 10.9. The van der Waals surface area contributed by atoms with Crippen molar-refractivity contribution in [2.75, 3.05) is 6.54 Å². The number of aliphatic hydroxyl groups excluding tert-OH is 1. The molecule has 3 heteroatoms. The Kier molecular flexibility index (Phi) is 3.80. The summed E-state index contributed by atoms with van der Waals surface area (Å²) in [5.41, 5.74) is -0.142. The van der Waals surface area contributed by atoms with Crippen LogP contribution in [-0.4, -0.2) is 17.5 Å². The molecule has 0 aliphatic heterocycles. The molecule has 0 saturated heterocycles. The summed E-state index contributed by atoms with van der Waals surface area (Å²) >= 11 is 0. The van der Waals surface area contributed by atoms with Crippen LogP contribution in [0.5, 0.6) is 0 Å². The molecule has 0 fully saturated rings. The van der Waals surface area contributed by atoms with Crippen LogP contribution in [0.4, 0.5) is 0 Å². The Morgan fingerprint density at radius 2 is 2.00 bits per heavy atom. The van der Waals surface area contributed by atoms with E-state index in [-0.39, 0.29) is 11.2 Å². The van der Waals surface area contributed by atoms with Crippen molar-refractivity contribution in [1.82, 2.24) is 5.32 Å². The summed E-state index contributed by atoms with van der Waals surface area (Å²) in [6, 6.07) is 0. The summed E-state index contributed by atoms with van der Waals surface area (Å²) in [6.07, 6.45) is 0.498. The molecule has 0 aliphatic carbocycles. The van der Waals surface area contributed by atoms with Gasteiger partial charge in [0.05, 0.1) is 11.6 Å². The van der Waals surface area contributed by atoms with Crippen LogP contribution in [0, 0.1) is 10.8 Å². The molecule has 0 aliphatic rings. The van der Waals surface area contributed by atoms with Gasteiger partial charge >= 0.3 is 0 Å². The summed E-state index contributed by atoms with van der Waals surface area (Å²) < 4.78 is 0. The zero-order valence-electron chi connectivity index (χ0n) is 8.07. The first-order valence-corrected chi connectivity index (χ1v) is 4.03. The van der Waals surface area contributed by atoms with E-state index < -0.39 is 0 Å². The average molecular weight is 170 g/mol. The van der Waals surface area contributed by atoms with E-state index in [1.807, 2.05) is 20.8 Å². The molecule has 0 aromatic heterocycles. The van der Waals surface area contributed by atoms with Gasteiger partial charge in [0.2, 0.25) is 0 Å². The lowest BCUT2D eigenvalue weighted by molar-refractivity contribution is 0.390. The zero-order valence-corrected chi connectivity index (χ0v) is 8.07. The van der Waals surface area contributed by atoms with Crippen molar-refractivity contribution in [3.05, 3.63) is 12.3 Å². The molecule has 0 atom stereocenters. The molecule has 12 heavy (non-hydrogen) atoms. The second-order valence-electron chi connectivity index (χ2n) is 3.87. The standard InChI is InChI=1S/C9H18N2O/c1-7(12)5-6-11-8(10)9(2,3)4/h12H,1,5-6H2,2-4H3,(H2,10,11). The van der Waals surface area contributed by atoms with E-state index in [9.17, 15) is 0 Å². The first kappa shape index (κ1) is 11.0. The van der Waals surface area contributed by atoms with E-state index in [2.05, 4.69) is 11.9 Å². The van der Waals surface area contributed by atoms with Crippen molar-refractivity contribution in [2.24, 2.45) is 5.41 Å². The van der Waals surface area contributed by atoms with Crippen LogP contribution < -0.4 is 5.32 Å². The highest BCUT2D eigenvalue weighted by Gasteiger charge is 2.15. The van der Waals surface area contributed by atoms with Crippen molar-refractivity contribution in [3.63, 3.8) is 0 Å². The molecule has 0 aromatic carbocycles. The molecule has 3 N–H and O–H groups in total. The van der Waals surface area contributed by atoms with Crippen molar-refractivity contribution in [3.8, 4) is 0 Å². The van der Waals surface area contributed by atoms with E-state index in [1.54, 1.807) is 0 Å². The maximum Gasteiger partial charge on any atom is 0.0986 e. The summed E-state index contributed by atoms with van der Waals surface area (Å²) in [6.45, 7) is 9.84. The van der Waals surface area contributed by atoms with Gasteiger partial charge in [0.1, 0.15) is 0 Å².